The lowest BCUT2D eigenvalue weighted by Crippen LogP contribution is -2.27. The van der Waals surface area contributed by atoms with E-state index in [1.54, 1.807) is 50.4 Å². The van der Waals surface area contributed by atoms with Crippen molar-refractivity contribution >= 4 is 17.3 Å². The number of hydrogen-bond acceptors (Lipinski definition) is 2. The van der Waals surface area contributed by atoms with Crippen LogP contribution in [0.5, 0.6) is 0 Å². The van der Waals surface area contributed by atoms with Gasteiger partial charge >= 0.3 is 0 Å². The lowest BCUT2D eigenvalue weighted by Gasteiger charge is -2.18. The van der Waals surface area contributed by atoms with Crippen LogP contribution in [0.2, 0.25) is 0 Å². The number of anilines is 2. The molecule has 0 radical (unpaired) electrons. The van der Waals surface area contributed by atoms with Gasteiger partial charge in [-0.3, -0.25) is 4.79 Å². The minimum atomic E-state index is -0.483. The second kappa shape index (κ2) is 5.10. The molecule has 0 heterocycles. The van der Waals surface area contributed by atoms with Crippen LogP contribution in [0.15, 0.2) is 42.5 Å². The van der Waals surface area contributed by atoms with Gasteiger partial charge in [0.25, 0.3) is 5.91 Å². The summed E-state index contributed by atoms with van der Waals surface area (Å²) in [7, 11) is 1.60. The van der Waals surface area contributed by atoms with E-state index >= 15 is 0 Å². The fraction of sp³-hybridized carbons (Fsp3) is 0.133. The number of amides is 1. The standard InChI is InChI=1S/C15H15FN2O/c1-10-5-3-8-13(14(10)16)15(19)18(2)12-7-4-6-11(17)9-12/h3-9H,17H2,1-2H3. The van der Waals surface area contributed by atoms with E-state index in [-0.39, 0.29) is 5.56 Å². The van der Waals surface area contributed by atoms with Gasteiger partial charge in [0, 0.05) is 18.4 Å². The molecule has 3 nitrogen and oxygen atoms in total. The number of carbonyl (C=O) groups is 1. The summed E-state index contributed by atoms with van der Waals surface area (Å²) in [6, 6.07) is 11.7. The van der Waals surface area contributed by atoms with Crippen molar-refractivity contribution in [2.45, 2.75) is 6.92 Å². The number of benzene rings is 2. The predicted molar refractivity (Wildman–Crippen MR) is 74.7 cm³/mol. The Hall–Kier alpha value is -2.36. The molecule has 2 aromatic carbocycles. The van der Waals surface area contributed by atoms with Crippen LogP contribution in [0.25, 0.3) is 0 Å². The number of carbonyl (C=O) groups excluding carboxylic acids is 1. The van der Waals surface area contributed by atoms with Gasteiger partial charge in [0.2, 0.25) is 0 Å². The molecule has 0 spiro atoms. The first-order valence-electron chi connectivity index (χ1n) is 5.89. The highest BCUT2D eigenvalue weighted by Crippen LogP contribution is 2.20. The Morgan fingerprint density at radius 1 is 1.21 bits per heavy atom. The fourth-order valence-electron chi connectivity index (χ4n) is 1.84. The van der Waals surface area contributed by atoms with Gasteiger partial charge in [-0.1, -0.05) is 18.2 Å². The summed E-state index contributed by atoms with van der Waals surface area (Å²) in [4.78, 5) is 13.7. The average Bonchev–Trinajstić information content (AvgIpc) is 2.40. The zero-order valence-electron chi connectivity index (χ0n) is 10.9. The van der Waals surface area contributed by atoms with E-state index in [0.29, 0.717) is 16.9 Å². The number of nitrogen functional groups attached to an aromatic ring is 1. The Morgan fingerprint density at radius 2 is 1.89 bits per heavy atom. The van der Waals surface area contributed by atoms with Crippen LogP contribution in [-0.4, -0.2) is 13.0 Å². The Labute approximate surface area is 111 Å². The largest absolute Gasteiger partial charge is 0.399 e. The number of hydrogen-bond donors (Lipinski definition) is 1. The number of nitrogens with zero attached hydrogens (tertiary/aromatic N) is 1. The predicted octanol–water partition coefficient (Wildman–Crippen LogP) is 2.99. The fourth-order valence-corrected chi connectivity index (χ4v) is 1.84. The molecule has 2 rings (SSSR count). The third kappa shape index (κ3) is 2.57. The molecule has 0 fully saturated rings. The van der Waals surface area contributed by atoms with E-state index in [9.17, 15) is 9.18 Å². The zero-order chi connectivity index (χ0) is 14.0. The molecule has 4 heteroatoms. The van der Waals surface area contributed by atoms with Gasteiger partial charge < -0.3 is 10.6 Å². The molecule has 0 aliphatic heterocycles. The monoisotopic (exact) mass is 258 g/mol. The molecule has 0 atom stereocenters. The Balaban J connectivity index is 2.36. The molecule has 98 valence electrons. The van der Waals surface area contributed by atoms with Crippen molar-refractivity contribution in [1.82, 2.24) is 0 Å². The molecule has 2 N–H and O–H groups in total. The van der Waals surface area contributed by atoms with Crippen LogP contribution in [-0.2, 0) is 0 Å². The molecular weight excluding hydrogens is 243 g/mol. The van der Waals surface area contributed by atoms with Gasteiger partial charge in [0.15, 0.2) is 0 Å². The van der Waals surface area contributed by atoms with E-state index in [0.717, 1.165) is 0 Å². The van der Waals surface area contributed by atoms with E-state index in [2.05, 4.69) is 0 Å². The quantitative estimate of drug-likeness (QED) is 0.842. The van der Waals surface area contributed by atoms with Crippen LogP contribution >= 0.6 is 0 Å². The van der Waals surface area contributed by atoms with Crippen molar-refractivity contribution in [3.63, 3.8) is 0 Å². The molecule has 0 saturated carbocycles. The molecule has 1 amide bonds. The second-order valence-electron chi connectivity index (χ2n) is 4.40. The third-order valence-corrected chi connectivity index (χ3v) is 2.98. The average molecular weight is 258 g/mol. The highest BCUT2D eigenvalue weighted by atomic mass is 19.1. The second-order valence-corrected chi connectivity index (χ2v) is 4.40. The molecule has 0 bridgehead atoms. The number of nitrogens with two attached hydrogens (primary N) is 1. The molecule has 19 heavy (non-hydrogen) atoms. The van der Waals surface area contributed by atoms with E-state index in [1.165, 1.54) is 11.0 Å². The highest BCUT2D eigenvalue weighted by Gasteiger charge is 2.18. The van der Waals surface area contributed by atoms with Gasteiger partial charge in [0.1, 0.15) is 5.82 Å². The maximum Gasteiger partial charge on any atom is 0.260 e. The Kier molecular flexibility index (Phi) is 3.51. The molecule has 0 aliphatic rings. The molecule has 2 aromatic rings. The Bertz CT molecular complexity index is 625. The molecule has 0 unspecified atom stereocenters. The summed E-state index contributed by atoms with van der Waals surface area (Å²) < 4.78 is 13.9. The first-order chi connectivity index (χ1) is 9.00. The van der Waals surface area contributed by atoms with Crippen LogP contribution in [0.4, 0.5) is 15.8 Å². The lowest BCUT2D eigenvalue weighted by atomic mass is 10.1. The van der Waals surface area contributed by atoms with Gasteiger partial charge in [-0.05, 0) is 36.8 Å². The smallest absolute Gasteiger partial charge is 0.260 e. The van der Waals surface area contributed by atoms with Crippen LogP contribution in [0.1, 0.15) is 15.9 Å². The van der Waals surface area contributed by atoms with Crippen molar-refractivity contribution in [1.29, 1.82) is 0 Å². The van der Waals surface area contributed by atoms with Crippen molar-refractivity contribution in [2.24, 2.45) is 0 Å². The minimum absolute atomic E-state index is 0.0601. The molecule has 0 aromatic heterocycles. The summed E-state index contributed by atoms with van der Waals surface area (Å²) >= 11 is 0. The van der Waals surface area contributed by atoms with Gasteiger partial charge in [-0.25, -0.2) is 4.39 Å². The van der Waals surface area contributed by atoms with Gasteiger partial charge in [-0.15, -0.1) is 0 Å². The summed E-state index contributed by atoms with van der Waals surface area (Å²) in [5.74, 6) is -0.880. The van der Waals surface area contributed by atoms with E-state index < -0.39 is 11.7 Å². The van der Waals surface area contributed by atoms with Crippen molar-refractivity contribution < 1.29 is 9.18 Å². The summed E-state index contributed by atoms with van der Waals surface area (Å²) in [6.45, 7) is 1.63. The zero-order valence-corrected chi connectivity index (χ0v) is 10.9. The van der Waals surface area contributed by atoms with Gasteiger partial charge in [0.05, 0.1) is 5.56 Å². The van der Waals surface area contributed by atoms with Crippen LogP contribution in [0.3, 0.4) is 0 Å². The third-order valence-electron chi connectivity index (χ3n) is 2.98. The topological polar surface area (TPSA) is 46.3 Å². The van der Waals surface area contributed by atoms with Crippen LogP contribution < -0.4 is 10.6 Å². The maximum atomic E-state index is 13.9. The van der Waals surface area contributed by atoms with E-state index in [1.807, 2.05) is 0 Å². The number of halogens is 1. The molecular formula is C15H15FN2O. The number of rotatable bonds is 2. The Morgan fingerprint density at radius 3 is 2.58 bits per heavy atom. The summed E-state index contributed by atoms with van der Waals surface area (Å²) in [5.41, 5.74) is 7.38. The summed E-state index contributed by atoms with van der Waals surface area (Å²) in [5, 5.41) is 0. The van der Waals surface area contributed by atoms with Crippen molar-refractivity contribution in [3.8, 4) is 0 Å². The minimum Gasteiger partial charge on any atom is -0.399 e. The van der Waals surface area contributed by atoms with Crippen molar-refractivity contribution in [3.05, 3.63) is 59.4 Å². The SMILES string of the molecule is Cc1cccc(C(=O)N(C)c2cccc(N)c2)c1F. The first-order valence-corrected chi connectivity index (χ1v) is 5.89. The van der Waals surface area contributed by atoms with Gasteiger partial charge in [-0.2, -0.15) is 0 Å². The lowest BCUT2D eigenvalue weighted by molar-refractivity contribution is 0.0989. The normalized spacial score (nSPS) is 10.3. The molecule has 0 aliphatic carbocycles. The van der Waals surface area contributed by atoms with Crippen LogP contribution in [0, 0.1) is 12.7 Å². The first kappa shape index (κ1) is 13.1. The van der Waals surface area contributed by atoms with Crippen molar-refractivity contribution in [2.75, 3.05) is 17.7 Å². The highest BCUT2D eigenvalue weighted by molar-refractivity contribution is 6.06. The van der Waals surface area contributed by atoms with E-state index in [4.69, 9.17) is 5.73 Å². The molecule has 0 saturated heterocycles. The summed E-state index contributed by atoms with van der Waals surface area (Å²) in [6.07, 6.45) is 0. The number of aryl methyl sites for hydroxylation is 1. The maximum absolute atomic E-state index is 13.9.